The SMILES string of the molecule is Cc1[nH]c2ccccc2c1C(=O)C(=O)Nc1ccc(-n2ccnc2C)nc1. The second-order valence-electron chi connectivity index (χ2n) is 6.20. The molecular formula is C20H17N5O2. The summed E-state index contributed by atoms with van der Waals surface area (Å²) in [6, 6.07) is 10.9. The van der Waals surface area contributed by atoms with Gasteiger partial charge in [0, 0.05) is 29.0 Å². The third kappa shape index (κ3) is 2.99. The number of rotatable bonds is 4. The standard InChI is InChI=1S/C20H17N5O2/c1-12-18(15-5-3-4-6-16(15)23-12)19(26)20(27)24-14-7-8-17(22-11-14)25-10-9-21-13(25)2/h3-11,23H,1-2H3,(H,24,27). The summed E-state index contributed by atoms with van der Waals surface area (Å²) in [4.78, 5) is 36.7. The number of imidazole rings is 1. The van der Waals surface area contributed by atoms with Crippen molar-refractivity contribution in [1.29, 1.82) is 0 Å². The molecule has 1 aromatic carbocycles. The van der Waals surface area contributed by atoms with Crippen LogP contribution in [0.3, 0.4) is 0 Å². The minimum Gasteiger partial charge on any atom is -0.358 e. The highest BCUT2D eigenvalue weighted by molar-refractivity contribution is 6.48. The van der Waals surface area contributed by atoms with E-state index < -0.39 is 11.7 Å². The number of hydrogen-bond acceptors (Lipinski definition) is 4. The Kier molecular flexibility index (Phi) is 4.04. The Morgan fingerprint density at radius 3 is 2.59 bits per heavy atom. The van der Waals surface area contributed by atoms with Gasteiger partial charge in [-0.15, -0.1) is 0 Å². The first-order valence-corrected chi connectivity index (χ1v) is 8.44. The van der Waals surface area contributed by atoms with Crippen LogP contribution in [0.15, 0.2) is 55.0 Å². The molecule has 0 radical (unpaired) electrons. The summed E-state index contributed by atoms with van der Waals surface area (Å²) in [7, 11) is 0. The Labute approximate surface area is 155 Å². The number of H-pyrrole nitrogens is 1. The van der Waals surface area contributed by atoms with Crippen molar-refractivity contribution >= 4 is 28.3 Å². The lowest BCUT2D eigenvalue weighted by Crippen LogP contribution is -2.23. The van der Waals surface area contributed by atoms with Gasteiger partial charge in [0.1, 0.15) is 11.6 Å². The lowest BCUT2D eigenvalue weighted by molar-refractivity contribution is -0.112. The molecule has 0 spiro atoms. The summed E-state index contributed by atoms with van der Waals surface area (Å²) in [6.45, 7) is 3.66. The van der Waals surface area contributed by atoms with Crippen LogP contribution >= 0.6 is 0 Å². The monoisotopic (exact) mass is 359 g/mol. The fourth-order valence-electron chi connectivity index (χ4n) is 3.09. The molecule has 0 saturated heterocycles. The normalized spacial score (nSPS) is 10.9. The number of aryl methyl sites for hydroxylation is 2. The molecule has 0 bridgehead atoms. The van der Waals surface area contributed by atoms with Gasteiger partial charge in [-0.1, -0.05) is 18.2 Å². The van der Waals surface area contributed by atoms with Gasteiger partial charge in [0.05, 0.1) is 17.4 Å². The molecule has 3 aromatic heterocycles. The van der Waals surface area contributed by atoms with Crippen LogP contribution in [0, 0.1) is 13.8 Å². The van der Waals surface area contributed by atoms with Crippen molar-refractivity contribution in [2.75, 3.05) is 5.32 Å². The highest BCUT2D eigenvalue weighted by Crippen LogP contribution is 2.23. The Morgan fingerprint density at radius 2 is 1.89 bits per heavy atom. The number of carbonyl (C=O) groups is 2. The van der Waals surface area contributed by atoms with Crippen molar-refractivity contribution < 1.29 is 9.59 Å². The van der Waals surface area contributed by atoms with Gasteiger partial charge in [0.15, 0.2) is 0 Å². The largest absolute Gasteiger partial charge is 0.358 e. The Bertz CT molecular complexity index is 1150. The Morgan fingerprint density at radius 1 is 1.07 bits per heavy atom. The number of carbonyl (C=O) groups excluding carboxylic acids is 2. The molecule has 0 aliphatic rings. The molecule has 1 amide bonds. The van der Waals surface area contributed by atoms with Crippen LogP contribution < -0.4 is 5.32 Å². The van der Waals surface area contributed by atoms with E-state index in [9.17, 15) is 9.59 Å². The van der Waals surface area contributed by atoms with Crippen molar-refractivity contribution in [2.45, 2.75) is 13.8 Å². The number of benzene rings is 1. The number of nitrogens with one attached hydrogen (secondary N) is 2. The third-order valence-electron chi connectivity index (χ3n) is 4.41. The zero-order valence-electron chi connectivity index (χ0n) is 14.9. The van der Waals surface area contributed by atoms with E-state index in [1.807, 2.05) is 35.8 Å². The second kappa shape index (κ2) is 6.53. The van der Waals surface area contributed by atoms with E-state index in [1.165, 1.54) is 6.20 Å². The van der Waals surface area contributed by atoms with Gasteiger partial charge in [0.2, 0.25) is 0 Å². The smallest absolute Gasteiger partial charge is 0.296 e. The van der Waals surface area contributed by atoms with Crippen molar-refractivity contribution in [3.63, 3.8) is 0 Å². The van der Waals surface area contributed by atoms with Gasteiger partial charge in [-0.2, -0.15) is 0 Å². The van der Waals surface area contributed by atoms with Gasteiger partial charge in [-0.05, 0) is 32.0 Å². The lowest BCUT2D eigenvalue weighted by Gasteiger charge is -2.07. The van der Waals surface area contributed by atoms with Gasteiger partial charge < -0.3 is 10.3 Å². The van der Waals surface area contributed by atoms with Crippen LogP contribution in [-0.4, -0.2) is 31.2 Å². The maximum atomic E-state index is 12.7. The topological polar surface area (TPSA) is 92.7 Å². The number of hydrogen-bond donors (Lipinski definition) is 2. The molecule has 3 heterocycles. The molecule has 0 aliphatic heterocycles. The molecule has 0 aliphatic carbocycles. The maximum absolute atomic E-state index is 12.7. The first-order chi connectivity index (χ1) is 13.0. The van der Waals surface area contributed by atoms with Crippen LogP contribution in [0.25, 0.3) is 16.7 Å². The second-order valence-corrected chi connectivity index (χ2v) is 6.20. The number of anilines is 1. The van der Waals surface area contributed by atoms with Gasteiger partial charge in [-0.3, -0.25) is 14.2 Å². The summed E-state index contributed by atoms with van der Waals surface area (Å²) >= 11 is 0. The van der Waals surface area contributed by atoms with Gasteiger partial charge >= 0.3 is 0 Å². The Hall–Kier alpha value is -3.74. The summed E-state index contributed by atoms with van der Waals surface area (Å²) in [5.74, 6) is 0.210. The van der Waals surface area contributed by atoms with E-state index in [1.54, 1.807) is 31.5 Å². The average molecular weight is 359 g/mol. The number of nitrogens with zero attached hydrogens (tertiary/aromatic N) is 3. The fraction of sp³-hybridized carbons (Fsp3) is 0.100. The number of ketones is 1. The number of fused-ring (bicyclic) bond motifs is 1. The molecule has 4 rings (SSSR count). The number of pyridine rings is 1. The first-order valence-electron chi connectivity index (χ1n) is 8.44. The summed E-state index contributed by atoms with van der Waals surface area (Å²) in [6.07, 6.45) is 5.01. The predicted octanol–water partition coefficient (Wildman–Crippen LogP) is 3.19. The fourth-order valence-corrected chi connectivity index (χ4v) is 3.09. The van der Waals surface area contributed by atoms with Crippen molar-refractivity contribution in [3.05, 3.63) is 72.1 Å². The lowest BCUT2D eigenvalue weighted by atomic mass is 10.1. The van der Waals surface area contributed by atoms with E-state index in [-0.39, 0.29) is 0 Å². The average Bonchev–Trinajstić information content (AvgIpc) is 3.24. The van der Waals surface area contributed by atoms with Gasteiger partial charge in [-0.25, -0.2) is 9.97 Å². The van der Waals surface area contributed by atoms with E-state index in [0.29, 0.717) is 22.8 Å². The molecule has 0 unspecified atom stereocenters. The highest BCUT2D eigenvalue weighted by atomic mass is 16.2. The Balaban J connectivity index is 1.56. The van der Waals surface area contributed by atoms with Crippen molar-refractivity contribution in [3.8, 4) is 5.82 Å². The number of amides is 1. The van der Waals surface area contributed by atoms with Crippen LogP contribution in [0.1, 0.15) is 21.9 Å². The van der Waals surface area contributed by atoms with E-state index in [0.717, 1.165) is 16.7 Å². The molecule has 0 atom stereocenters. The quantitative estimate of drug-likeness (QED) is 0.432. The van der Waals surface area contributed by atoms with E-state index in [4.69, 9.17) is 0 Å². The predicted molar refractivity (Wildman–Crippen MR) is 102 cm³/mol. The first kappa shape index (κ1) is 16.7. The highest BCUT2D eigenvalue weighted by Gasteiger charge is 2.22. The molecule has 0 saturated carbocycles. The zero-order chi connectivity index (χ0) is 19.0. The molecular weight excluding hydrogens is 342 g/mol. The molecule has 27 heavy (non-hydrogen) atoms. The molecule has 7 nitrogen and oxygen atoms in total. The van der Waals surface area contributed by atoms with Crippen LogP contribution in [0.4, 0.5) is 5.69 Å². The number of aromatic nitrogens is 4. The van der Waals surface area contributed by atoms with Crippen LogP contribution in [-0.2, 0) is 4.79 Å². The molecule has 4 aromatic rings. The third-order valence-corrected chi connectivity index (χ3v) is 4.41. The summed E-state index contributed by atoms with van der Waals surface area (Å²) in [5.41, 5.74) is 2.34. The van der Waals surface area contributed by atoms with E-state index in [2.05, 4.69) is 20.3 Å². The van der Waals surface area contributed by atoms with Crippen LogP contribution in [0.2, 0.25) is 0 Å². The number of aromatic amines is 1. The van der Waals surface area contributed by atoms with Crippen LogP contribution in [0.5, 0.6) is 0 Å². The molecule has 2 N–H and O–H groups in total. The van der Waals surface area contributed by atoms with E-state index >= 15 is 0 Å². The number of para-hydroxylation sites is 1. The van der Waals surface area contributed by atoms with Crippen molar-refractivity contribution in [2.24, 2.45) is 0 Å². The summed E-state index contributed by atoms with van der Waals surface area (Å²) < 4.78 is 1.83. The maximum Gasteiger partial charge on any atom is 0.296 e. The zero-order valence-corrected chi connectivity index (χ0v) is 14.9. The van der Waals surface area contributed by atoms with Gasteiger partial charge in [0.25, 0.3) is 11.7 Å². The molecule has 0 fully saturated rings. The number of Topliss-reactive ketones (excluding diaryl/α,β-unsaturated/α-hetero) is 1. The summed E-state index contributed by atoms with van der Waals surface area (Å²) in [5, 5.41) is 3.35. The molecule has 7 heteroatoms. The molecule has 134 valence electrons. The minimum absolute atomic E-state index is 0.390. The minimum atomic E-state index is -0.698. The van der Waals surface area contributed by atoms with Crippen molar-refractivity contribution in [1.82, 2.24) is 19.5 Å².